The summed E-state index contributed by atoms with van der Waals surface area (Å²) in [6.45, 7) is 9.16. The summed E-state index contributed by atoms with van der Waals surface area (Å²) in [5.74, 6) is 0.673. The third-order valence-corrected chi connectivity index (χ3v) is 3.37. The molecular formula is C12H27NO2. The molecule has 0 fully saturated rings. The molecule has 0 radical (unpaired) electrons. The summed E-state index contributed by atoms with van der Waals surface area (Å²) in [6, 6.07) is 0.442. The molecular weight excluding hydrogens is 190 g/mol. The van der Waals surface area contributed by atoms with Crippen LogP contribution in [0.1, 0.15) is 40.5 Å². The Bertz CT molecular complexity index is 154. The van der Waals surface area contributed by atoms with Gasteiger partial charge in [0.05, 0.1) is 13.2 Å². The Balaban J connectivity index is 4.02. The summed E-state index contributed by atoms with van der Waals surface area (Å²) in [4.78, 5) is 0. The molecule has 0 aromatic rings. The second-order valence-electron chi connectivity index (χ2n) is 4.87. The first-order chi connectivity index (χ1) is 7.02. The lowest BCUT2D eigenvalue weighted by atomic mass is 9.90. The van der Waals surface area contributed by atoms with E-state index in [1.807, 2.05) is 6.92 Å². The Morgan fingerprint density at radius 1 is 1.13 bits per heavy atom. The van der Waals surface area contributed by atoms with Gasteiger partial charge in [0.1, 0.15) is 0 Å². The molecule has 0 amide bonds. The van der Waals surface area contributed by atoms with Gasteiger partial charge >= 0.3 is 0 Å². The molecule has 92 valence electrons. The average molecular weight is 217 g/mol. The van der Waals surface area contributed by atoms with Crippen molar-refractivity contribution in [2.45, 2.75) is 46.6 Å². The molecule has 0 aromatic heterocycles. The lowest BCUT2D eigenvalue weighted by Crippen LogP contribution is -2.43. The van der Waals surface area contributed by atoms with E-state index >= 15 is 0 Å². The second-order valence-corrected chi connectivity index (χ2v) is 4.87. The van der Waals surface area contributed by atoms with Crippen molar-refractivity contribution in [2.24, 2.45) is 11.3 Å². The van der Waals surface area contributed by atoms with Crippen LogP contribution in [0.3, 0.4) is 0 Å². The van der Waals surface area contributed by atoms with E-state index in [1.165, 1.54) is 12.8 Å². The van der Waals surface area contributed by atoms with Crippen LogP contribution in [0.15, 0.2) is 0 Å². The first kappa shape index (κ1) is 14.9. The SMILES string of the molecule is CCC(CC)C(C)NCC(C)(CO)CO. The highest BCUT2D eigenvalue weighted by Crippen LogP contribution is 2.16. The van der Waals surface area contributed by atoms with E-state index in [9.17, 15) is 0 Å². The third kappa shape index (κ3) is 4.96. The maximum absolute atomic E-state index is 9.15. The lowest BCUT2D eigenvalue weighted by molar-refractivity contribution is 0.0656. The lowest BCUT2D eigenvalue weighted by Gasteiger charge is -2.30. The molecule has 3 heteroatoms. The molecule has 0 heterocycles. The molecule has 0 aliphatic heterocycles. The molecule has 1 unspecified atom stereocenters. The molecule has 15 heavy (non-hydrogen) atoms. The van der Waals surface area contributed by atoms with Crippen molar-refractivity contribution in [2.75, 3.05) is 19.8 Å². The maximum atomic E-state index is 9.15. The predicted molar refractivity (Wildman–Crippen MR) is 63.8 cm³/mol. The summed E-state index contributed by atoms with van der Waals surface area (Å²) >= 11 is 0. The van der Waals surface area contributed by atoms with Crippen LogP contribution < -0.4 is 5.32 Å². The van der Waals surface area contributed by atoms with Crippen LogP contribution in [0.4, 0.5) is 0 Å². The first-order valence-electron chi connectivity index (χ1n) is 5.98. The van der Waals surface area contributed by atoms with Gasteiger partial charge in [0.2, 0.25) is 0 Å². The average Bonchev–Trinajstić information content (AvgIpc) is 2.27. The van der Waals surface area contributed by atoms with E-state index in [0.29, 0.717) is 18.5 Å². The van der Waals surface area contributed by atoms with Crippen molar-refractivity contribution in [3.05, 3.63) is 0 Å². The van der Waals surface area contributed by atoms with Gasteiger partial charge < -0.3 is 15.5 Å². The molecule has 0 saturated heterocycles. The molecule has 0 aromatic carbocycles. The van der Waals surface area contributed by atoms with Crippen LogP contribution in [-0.4, -0.2) is 36.0 Å². The van der Waals surface area contributed by atoms with Crippen molar-refractivity contribution in [1.82, 2.24) is 5.32 Å². The van der Waals surface area contributed by atoms with Gasteiger partial charge in [0.25, 0.3) is 0 Å². The summed E-state index contributed by atoms with van der Waals surface area (Å²) in [6.07, 6.45) is 2.33. The minimum Gasteiger partial charge on any atom is -0.396 e. The molecule has 0 saturated carbocycles. The smallest absolute Gasteiger partial charge is 0.0518 e. The summed E-state index contributed by atoms with van der Waals surface area (Å²) in [5, 5.41) is 21.7. The van der Waals surface area contributed by atoms with E-state index in [1.54, 1.807) is 0 Å². The molecule has 0 spiro atoms. The van der Waals surface area contributed by atoms with Gasteiger partial charge in [-0.1, -0.05) is 33.6 Å². The normalized spacial score (nSPS) is 14.6. The van der Waals surface area contributed by atoms with Gasteiger partial charge in [-0.15, -0.1) is 0 Å². The molecule has 3 N–H and O–H groups in total. The zero-order chi connectivity index (χ0) is 11.9. The third-order valence-electron chi connectivity index (χ3n) is 3.37. The Kier molecular flexibility index (Phi) is 7.14. The fourth-order valence-electron chi connectivity index (χ4n) is 1.73. The zero-order valence-electron chi connectivity index (χ0n) is 10.6. The number of aliphatic hydroxyl groups is 2. The van der Waals surface area contributed by atoms with Gasteiger partial charge in [-0.25, -0.2) is 0 Å². The summed E-state index contributed by atoms with van der Waals surface area (Å²) in [5.41, 5.74) is -0.402. The molecule has 0 aliphatic carbocycles. The maximum Gasteiger partial charge on any atom is 0.0518 e. The molecule has 0 rings (SSSR count). The fourth-order valence-corrected chi connectivity index (χ4v) is 1.73. The van der Waals surface area contributed by atoms with Crippen LogP contribution in [0.2, 0.25) is 0 Å². The second kappa shape index (κ2) is 7.20. The van der Waals surface area contributed by atoms with E-state index < -0.39 is 5.41 Å². The van der Waals surface area contributed by atoms with Gasteiger partial charge in [-0.2, -0.15) is 0 Å². The Morgan fingerprint density at radius 2 is 1.60 bits per heavy atom. The first-order valence-corrected chi connectivity index (χ1v) is 5.98. The van der Waals surface area contributed by atoms with Crippen LogP contribution in [-0.2, 0) is 0 Å². The highest BCUT2D eigenvalue weighted by molar-refractivity contribution is 4.78. The van der Waals surface area contributed by atoms with Gasteiger partial charge in [0, 0.05) is 18.0 Å². The topological polar surface area (TPSA) is 52.5 Å². The van der Waals surface area contributed by atoms with Crippen LogP contribution >= 0.6 is 0 Å². The van der Waals surface area contributed by atoms with Crippen LogP contribution in [0.5, 0.6) is 0 Å². The Morgan fingerprint density at radius 3 is 1.93 bits per heavy atom. The van der Waals surface area contributed by atoms with E-state index in [0.717, 1.165) is 0 Å². The summed E-state index contributed by atoms with van der Waals surface area (Å²) in [7, 11) is 0. The molecule has 0 bridgehead atoms. The zero-order valence-corrected chi connectivity index (χ0v) is 10.6. The largest absolute Gasteiger partial charge is 0.396 e. The molecule has 1 atom stereocenters. The predicted octanol–water partition coefficient (Wildman–Crippen LogP) is 1.39. The van der Waals surface area contributed by atoms with Crippen molar-refractivity contribution < 1.29 is 10.2 Å². The monoisotopic (exact) mass is 217 g/mol. The van der Waals surface area contributed by atoms with Gasteiger partial charge in [-0.05, 0) is 12.8 Å². The number of rotatable bonds is 8. The van der Waals surface area contributed by atoms with Crippen molar-refractivity contribution >= 4 is 0 Å². The fraction of sp³-hybridized carbons (Fsp3) is 1.00. The van der Waals surface area contributed by atoms with E-state index in [2.05, 4.69) is 26.1 Å². The highest BCUT2D eigenvalue weighted by atomic mass is 16.3. The number of hydrogen-bond donors (Lipinski definition) is 3. The molecule has 3 nitrogen and oxygen atoms in total. The van der Waals surface area contributed by atoms with E-state index in [-0.39, 0.29) is 13.2 Å². The van der Waals surface area contributed by atoms with Crippen molar-refractivity contribution in [1.29, 1.82) is 0 Å². The van der Waals surface area contributed by atoms with Gasteiger partial charge in [-0.3, -0.25) is 0 Å². The Hall–Kier alpha value is -0.120. The minimum atomic E-state index is -0.402. The minimum absolute atomic E-state index is 0.0200. The standard InChI is InChI=1S/C12H27NO2/c1-5-11(6-2)10(3)13-7-12(4,8-14)9-15/h10-11,13-15H,5-9H2,1-4H3. The number of aliphatic hydroxyl groups excluding tert-OH is 2. The van der Waals surface area contributed by atoms with Crippen LogP contribution in [0.25, 0.3) is 0 Å². The summed E-state index contributed by atoms with van der Waals surface area (Å²) < 4.78 is 0. The highest BCUT2D eigenvalue weighted by Gasteiger charge is 2.24. The number of nitrogens with one attached hydrogen (secondary N) is 1. The van der Waals surface area contributed by atoms with Crippen molar-refractivity contribution in [3.8, 4) is 0 Å². The van der Waals surface area contributed by atoms with Crippen LogP contribution in [0, 0.1) is 11.3 Å². The Labute approximate surface area is 93.9 Å². The quantitative estimate of drug-likeness (QED) is 0.576. The van der Waals surface area contributed by atoms with Crippen molar-refractivity contribution in [3.63, 3.8) is 0 Å². The van der Waals surface area contributed by atoms with Gasteiger partial charge in [0.15, 0.2) is 0 Å². The van der Waals surface area contributed by atoms with E-state index in [4.69, 9.17) is 10.2 Å². The number of hydrogen-bond acceptors (Lipinski definition) is 3. The molecule has 0 aliphatic rings.